The molecule has 134 valence electrons. The summed E-state index contributed by atoms with van der Waals surface area (Å²) >= 11 is 0. The fourth-order valence-corrected chi connectivity index (χ4v) is 2.60. The third kappa shape index (κ3) is 6.19. The van der Waals surface area contributed by atoms with E-state index in [1.165, 1.54) is 0 Å². The molecule has 5 heteroatoms. The Morgan fingerprint density at radius 1 is 1.16 bits per heavy atom. The van der Waals surface area contributed by atoms with Gasteiger partial charge in [-0.25, -0.2) is 0 Å². The highest BCUT2D eigenvalue weighted by Crippen LogP contribution is 2.13. The molecule has 0 aliphatic rings. The number of pyridine rings is 1. The maximum Gasteiger partial charge on any atom is 0.255 e. The second-order valence-electron chi connectivity index (χ2n) is 6.35. The summed E-state index contributed by atoms with van der Waals surface area (Å²) < 4.78 is 0. The summed E-state index contributed by atoms with van der Waals surface area (Å²) in [5.41, 5.74) is 2.64. The van der Waals surface area contributed by atoms with Crippen molar-refractivity contribution >= 4 is 11.6 Å². The third-order valence-corrected chi connectivity index (χ3v) is 3.98. The zero-order chi connectivity index (χ0) is 18.1. The van der Waals surface area contributed by atoms with E-state index in [4.69, 9.17) is 0 Å². The van der Waals surface area contributed by atoms with Gasteiger partial charge in [-0.05, 0) is 45.6 Å². The quantitative estimate of drug-likeness (QED) is 0.713. The molecule has 2 aromatic rings. The van der Waals surface area contributed by atoms with Crippen LogP contribution in [0.3, 0.4) is 0 Å². The van der Waals surface area contributed by atoms with Gasteiger partial charge < -0.3 is 15.1 Å². The molecule has 0 spiro atoms. The predicted octanol–water partition coefficient (Wildman–Crippen LogP) is 3.11. The van der Waals surface area contributed by atoms with Crippen molar-refractivity contribution in [3.05, 3.63) is 59.9 Å². The maximum absolute atomic E-state index is 12.8. The van der Waals surface area contributed by atoms with Crippen molar-refractivity contribution in [3.63, 3.8) is 0 Å². The van der Waals surface area contributed by atoms with Crippen molar-refractivity contribution in [2.24, 2.45) is 0 Å². The van der Waals surface area contributed by atoms with Gasteiger partial charge in [-0.3, -0.25) is 9.78 Å². The van der Waals surface area contributed by atoms with Crippen LogP contribution in [0.4, 0.5) is 5.69 Å². The Morgan fingerprint density at radius 3 is 2.60 bits per heavy atom. The van der Waals surface area contributed by atoms with Gasteiger partial charge in [0.1, 0.15) is 0 Å². The second-order valence-corrected chi connectivity index (χ2v) is 6.35. The van der Waals surface area contributed by atoms with Crippen LogP contribution in [0.5, 0.6) is 0 Å². The third-order valence-electron chi connectivity index (χ3n) is 3.98. The van der Waals surface area contributed by atoms with Gasteiger partial charge in [0.25, 0.3) is 5.91 Å². The molecule has 0 aliphatic carbocycles. The van der Waals surface area contributed by atoms with Crippen molar-refractivity contribution < 1.29 is 4.79 Å². The number of hydrogen-bond acceptors (Lipinski definition) is 4. The normalized spacial score (nSPS) is 10.7. The van der Waals surface area contributed by atoms with Crippen LogP contribution in [0.15, 0.2) is 48.8 Å². The minimum absolute atomic E-state index is 0.00999. The van der Waals surface area contributed by atoms with E-state index in [1.54, 1.807) is 12.4 Å². The standard InChI is InChI=1S/C20H28N4O/c1-4-24(16-17-9-6-5-7-10-17)20(25)18-13-19(15-21-14-18)22-11-8-12-23(2)3/h5-7,9-10,13-15,22H,4,8,11-12,16H2,1-3H3. The number of rotatable bonds is 9. The number of nitrogens with one attached hydrogen (secondary N) is 1. The average molecular weight is 340 g/mol. The number of benzene rings is 1. The molecule has 0 unspecified atom stereocenters. The Morgan fingerprint density at radius 2 is 1.92 bits per heavy atom. The highest BCUT2D eigenvalue weighted by atomic mass is 16.2. The van der Waals surface area contributed by atoms with Crippen LogP contribution in [-0.4, -0.2) is 54.4 Å². The molecule has 0 fully saturated rings. The van der Waals surface area contributed by atoms with Gasteiger partial charge in [0.2, 0.25) is 0 Å². The molecule has 2 rings (SSSR count). The summed E-state index contributed by atoms with van der Waals surface area (Å²) in [4.78, 5) is 21.0. The molecule has 1 aromatic carbocycles. The number of carbonyl (C=O) groups excluding carboxylic acids is 1. The van der Waals surface area contributed by atoms with Crippen LogP contribution in [0.1, 0.15) is 29.3 Å². The molecule has 0 bridgehead atoms. The first-order valence-corrected chi connectivity index (χ1v) is 8.77. The van der Waals surface area contributed by atoms with Gasteiger partial charge in [-0.2, -0.15) is 0 Å². The number of amides is 1. The number of anilines is 1. The van der Waals surface area contributed by atoms with E-state index < -0.39 is 0 Å². The van der Waals surface area contributed by atoms with Crippen LogP contribution in [0, 0.1) is 0 Å². The molecule has 5 nitrogen and oxygen atoms in total. The van der Waals surface area contributed by atoms with Crippen LogP contribution >= 0.6 is 0 Å². The Bertz CT molecular complexity index is 658. The first-order chi connectivity index (χ1) is 12.1. The summed E-state index contributed by atoms with van der Waals surface area (Å²) in [6.45, 7) is 5.15. The van der Waals surface area contributed by atoms with E-state index in [2.05, 4.69) is 29.3 Å². The first-order valence-electron chi connectivity index (χ1n) is 8.77. The van der Waals surface area contributed by atoms with Gasteiger partial charge in [0.05, 0.1) is 11.3 Å². The van der Waals surface area contributed by atoms with Crippen molar-refractivity contribution in [1.82, 2.24) is 14.8 Å². The van der Waals surface area contributed by atoms with Crippen LogP contribution in [-0.2, 0) is 6.54 Å². The summed E-state index contributed by atoms with van der Waals surface area (Å²) in [6, 6.07) is 11.9. The van der Waals surface area contributed by atoms with Crippen molar-refractivity contribution in [3.8, 4) is 0 Å². The predicted molar refractivity (Wildman–Crippen MR) is 103 cm³/mol. The van der Waals surface area contributed by atoms with Crippen LogP contribution < -0.4 is 5.32 Å². The average Bonchev–Trinajstić information content (AvgIpc) is 2.63. The molecule has 1 heterocycles. The lowest BCUT2D eigenvalue weighted by Gasteiger charge is -2.21. The fourth-order valence-electron chi connectivity index (χ4n) is 2.60. The molecule has 0 saturated carbocycles. The number of hydrogen-bond donors (Lipinski definition) is 1. The molecule has 1 amide bonds. The minimum Gasteiger partial charge on any atom is -0.384 e. The molecule has 0 atom stereocenters. The van der Waals surface area contributed by atoms with E-state index in [-0.39, 0.29) is 5.91 Å². The van der Waals surface area contributed by atoms with Crippen molar-refractivity contribution in [2.75, 3.05) is 39.0 Å². The van der Waals surface area contributed by atoms with Gasteiger partial charge in [0, 0.05) is 32.0 Å². The summed E-state index contributed by atoms with van der Waals surface area (Å²) in [6.07, 6.45) is 4.45. The lowest BCUT2D eigenvalue weighted by molar-refractivity contribution is 0.0752. The lowest BCUT2D eigenvalue weighted by Crippen LogP contribution is -2.30. The van der Waals surface area contributed by atoms with Gasteiger partial charge >= 0.3 is 0 Å². The van der Waals surface area contributed by atoms with E-state index in [9.17, 15) is 4.79 Å². The Balaban J connectivity index is 1.98. The van der Waals surface area contributed by atoms with Crippen LogP contribution in [0.25, 0.3) is 0 Å². The monoisotopic (exact) mass is 340 g/mol. The topological polar surface area (TPSA) is 48.5 Å². The first kappa shape index (κ1) is 18.9. The summed E-state index contributed by atoms with van der Waals surface area (Å²) in [7, 11) is 4.12. The molecular weight excluding hydrogens is 312 g/mol. The van der Waals surface area contributed by atoms with E-state index in [1.807, 2.05) is 48.2 Å². The van der Waals surface area contributed by atoms with Gasteiger partial charge in [0.15, 0.2) is 0 Å². The molecule has 0 saturated heterocycles. The lowest BCUT2D eigenvalue weighted by atomic mass is 10.2. The van der Waals surface area contributed by atoms with Gasteiger partial charge in [-0.1, -0.05) is 30.3 Å². The minimum atomic E-state index is 0.00999. The highest BCUT2D eigenvalue weighted by Gasteiger charge is 2.15. The molecular formula is C20H28N4O. The highest BCUT2D eigenvalue weighted by molar-refractivity contribution is 5.94. The van der Waals surface area contributed by atoms with E-state index >= 15 is 0 Å². The zero-order valence-electron chi connectivity index (χ0n) is 15.4. The maximum atomic E-state index is 12.8. The van der Waals surface area contributed by atoms with Crippen molar-refractivity contribution in [1.29, 1.82) is 0 Å². The second kappa shape index (κ2) is 9.79. The number of carbonyl (C=O) groups is 1. The summed E-state index contributed by atoms with van der Waals surface area (Å²) in [5.74, 6) is 0.00999. The zero-order valence-corrected chi connectivity index (χ0v) is 15.4. The molecule has 0 radical (unpaired) electrons. The van der Waals surface area contributed by atoms with Crippen molar-refractivity contribution in [2.45, 2.75) is 19.9 Å². The summed E-state index contributed by atoms with van der Waals surface area (Å²) in [5, 5.41) is 3.34. The molecule has 25 heavy (non-hydrogen) atoms. The molecule has 0 aliphatic heterocycles. The molecule has 1 aromatic heterocycles. The number of nitrogens with zero attached hydrogens (tertiary/aromatic N) is 3. The van der Waals surface area contributed by atoms with E-state index in [0.717, 1.165) is 30.8 Å². The fraction of sp³-hybridized carbons (Fsp3) is 0.400. The van der Waals surface area contributed by atoms with Gasteiger partial charge in [-0.15, -0.1) is 0 Å². The number of aromatic nitrogens is 1. The Kier molecular flexibility index (Phi) is 7.41. The largest absolute Gasteiger partial charge is 0.384 e. The SMILES string of the molecule is CCN(Cc1ccccc1)C(=O)c1cncc(NCCCN(C)C)c1. The Labute approximate surface area is 150 Å². The van der Waals surface area contributed by atoms with Crippen LogP contribution in [0.2, 0.25) is 0 Å². The smallest absolute Gasteiger partial charge is 0.255 e. The van der Waals surface area contributed by atoms with E-state index in [0.29, 0.717) is 18.7 Å². The molecule has 1 N–H and O–H groups in total. The Hall–Kier alpha value is -2.40.